The number of anilines is 1. The van der Waals surface area contributed by atoms with Gasteiger partial charge >= 0.3 is 6.03 Å². The van der Waals surface area contributed by atoms with Gasteiger partial charge in [-0.25, -0.2) is 9.69 Å². The molecule has 0 unspecified atom stereocenters. The number of nitrogens with zero attached hydrogens (tertiary/aromatic N) is 1. The van der Waals surface area contributed by atoms with Crippen LogP contribution in [0.4, 0.5) is 10.5 Å². The standard InChI is InChI=1S/C26H22N2O5/c1-16-11-17(2)13-18(12-16)15-33-23-6-4-3-5-19(23)14-22-24(30)27-26(32)28(25(22)31)20-7-9-21(29)10-8-20/h3-14,29H,15H2,1-2H3,(H,27,30,32)/b22-14+. The Morgan fingerprint density at radius 3 is 2.30 bits per heavy atom. The van der Waals surface area contributed by atoms with Crippen LogP contribution in [0.3, 0.4) is 0 Å². The van der Waals surface area contributed by atoms with E-state index in [0.717, 1.165) is 21.6 Å². The van der Waals surface area contributed by atoms with Crippen LogP contribution in [0.5, 0.6) is 11.5 Å². The lowest BCUT2D eigenvalue weighted by molar-refractivity contribution is -0.122. The highest BCUT2D eigenvalue weighted by molar-refractivity contribution is 6.39. The van der Waals surface area contributed by atoms with E-state index in [1.807, 2.05) is 26.0 Å². The number of carbonyl (C=O) groups excluding carboxylic acids is 3. The van der Waals surface area contributed by atoms with Crippen LogP contribution in [0.25, 0.3) is 6.08 Å². The minimum Gasteiger partial charge on any atom is -0.508 e. The summed E-state index contributed by atoms with van der Waals surface area (Å²) in [7, 11) is 0. The van der Waals surface area contributed by atoms with E-state index in [0.29, 0.717) is 17.9 Å². The van der Waals surface area contributed by atoms with Crippen LogP contribution in [-0.4, -0.2) is 23.0 Å². The zero-order valence-electron chi connectivity index (χ0n) is 18.2. The predicted molar refractivity (Wildman–Crippen MR) is 124 cm³/mol. The number of hydrogen-bond donors (Lipinski definition) is 2. The molecular formula is C26H22N2O5. The molecule has 33 heavy (non-hydrogen) atoms. The largest absolute Gasteiger partial charge is 0.508 e. The first-order valence-electron chi connectivity index (χ1n) is 10.3. The first kappa shape index (κ1) is 21.8. The molecule has 0 atom stereocenters. The van der Waals surface area contributed by atoms with Gasteiger partial charge in [0.2, 0.25) is 0 Å². The Labute approximate surface area is 190 Å². The third kappa shape index (κ3) is 4.77. The van der Waals surface area contributed by atoms with Crippen LogP contribution in [0.15, 0.2) is 72.3 Å². The molecule has 1 heterocycles. The lowest BCUT2D eigenvalue weighted by Crippen LogP contribution is -2.54. The summed E-state index contributed by atoms with van der Waals surface area (Å²) in [4.78, 5) is 38.8. The summed E-state index contributed by atoms with van der Waals surface area (Å²) < 4.78 is 6.00. The van der Waals surface area contributed by atoms with Crippen LogP contribution in [0.1, 0.15) is 22.3 Å². The molecule has 0 bridgehead atoms. The van der Waals surface area contributed by atoms with Crippen molar-refractivity contribution >= 4 is 29.6 Å². The van der Waals surface area contributed by atoms with Crippen molar-refractivity contribution in [2.75, 3.05) is 4.90 Å². The number of phenols is 1. The molecule has 7 nitrogen and oxygen atoms in total. The third-order valence-corrected chi connectivity index (χ3v) is 5.10. The summed E-state index contributed by atoms with van der Waals surface area (Å²) in [6, 6.07) is 17.9. The average Bonchev–Trinajstić information content (AvgIpc) is 2.76. The number of nitrogens with one attached hydrogen (secondary N) is 1. The Balaban J connectivity index is 1.63. The summed E-state index contributed by atoms with van der Waals surface area (Å²) in [5.74, 6) is -1.06. The van der Waals surface area contributed by atoms with E-state index in [9.17, 15) is 19.5 Å². The van der Waals surface area contributed by atoms with Crippen LogP contribution in [0.2, 0.25) is 0 Å². The van der Waals surface area contributed by atoms with Gasteiger partial charge in [-0.2, -0.15) is 0 Å². The first-order chi connectivity index (χ1) is 15.8. The maximum absolute atomic E-state index is 13.1. The summed E-state index contributed by atoms with van der Waals surface area (Å²) in [5.41, 5.74) is 3.82. The molecule has 0 spiro atoms. The minimum atomic E-state index is -0.854. The molecule has 0 radical (unpaired) electrons. The third-order valence-electron chi connectivity index (χ3n) is 5.10. The number of imide groups is 2. The van der Waals surface area contributed by atoms with Gasteiger partial charge in [0.15, 0.2) is 0 Å². The summed E-state index contributed by atoms with van der Waals surface area (Å²) in [5, 5.41) is 11.7. The molecule has 4 rings (SSSR count). The van der Waals surface area contributed by atoms with Gasteiger partial charge in [-0.15, -0.1) is 0 Å². The van der Waals surface area contributed by atoms with Gasteiger partial charge in [-0.05, 0) is 55.8 Å². The number of aryl methyl sites for hydroxylation is 2. The number of rotatable bonds is 5. The first-order valence-corrected chi connectivity index (χ1v) is 10.3. The molecule has 1 aliphatic rings. The average molecular weight is 442 g/mol. The van der Waals surface area contributed by atoms with Crippen molar-refractivity contribution in [3.63, 3.8) is 0 Å². The number of urea groups is 1. The van der Waals surface area contributed by atoms with Gasteiger partial charge < -0.3 is 9.84 Å². The Morgan fingerprint density at radius 2 is 1.61 bits per heavy atom. The monoisotopic (exact) mass is 442 g/mol. The molecule has 3 aromatic rings. The number of para-hydroxylation sites is 1. The second-order valence-electron chi connectivity index (χ2n) is 7.80. The summed E-state index contributed by atoms with van der Waals surface area (Å²) in [6.07, 6.45) is 1.41. The molecule has 7 heteroatoms. The van der Waals surface area contributed by atoms with Crippen LogP contribution < -0.4 is 15.0 Å². The molecule has 166 valence electrons. The number of hydrogen-bond acceptors (Lipinski definition) is 5. The minimum absolute atomic E-state index is 0.00895. The molecule has 3 aromatic carbocycles. The lowest BCUT2D eigenvalue weighted by Gasteiger charge is -2.26. The Kier molecular flexibility index (Phi) is 5.95. The number of barbiturate groups is 1. The summed E-state index contributed by atoms with van der Waals surface area (Å²) in [6.45, 7) is 4.35. The van der Waals surface area contributed by atoms with Crippen molar-refractivity contribution < 1.29 is 24.2 Å². The Hall–Kier alpha value is -4.39. The van der Waals surface area contributed by atoms with E-state index in [2.05, 4.69) is 11.4 Å². The summed E-state index contributed by atoms with van der Waals surface area (Å²) >= 11 is 0. The van der Waals surface area contributed by atoms with Gasteiger partial charge in [0.05, 0.1) is 5.69 Å². The van der Waals surface area contributed by atoms with E-state index < -0.39 is 17.8 Å². The van der Waals surface area contributed by atoms with E-state index in [4.69, 9.17) is 4.74 Å². The van der Waals surface area contributed by atoms with E-state index in [1.165, 1.54) is 30.3 Å². The van der Waals surface area contributed by atoms with Gasteiger partial charge in [-0.3, -0.25) is 14.9 Å². The molecule has 1 fully saturated rings. The highest BCUT2D eigenvalue weighted by Gasteiger charge is 2.37. The van der Waals surface area contributed by atoms with Crippen molar-refractivity contribution in [3.8, 4) is 11.5 Å². The molecule has 0 aromatic heterocycles. The molecular weight excluding hydrogens is 420 g/mol. The van der Waals surface area contributed by atoms with Gasteiger partial charge in [0, 0.05) is 5.56 Å². The van der Waals surface area contributed by atoms with Gasteiger partial charge in [0.1, 0.15) is 23.7 Å². The van der Waals surface area contributed by atoms with Crippen molar-refractivity contribution in [3.05, 3.63) is 94.6 Å². The van der Waals surface area contributed by atoms with Crippen molar-refractivity contribution in [1.29, 1.82) is 0 Å². The Morgan fingerprint density at radius 1 is 0.939 bits per heavy atom. The predicted octanol–water partition coefficient (Wildman–Crippen LogP) is 4.25. The second-order valence-corrected chi connectivity index (χ2v) is 7.80. The molecule has 0 saturated carbocycles. The smallest absolute Gasteiger partial charge is 0.335 e. The second kappa shape index (κ2) is 9.00. The fourth-order valence-corrected chi connectivity index (χ4v) is 3.69. The normalized spacial score (nSPS) is 15.0. The SMILES string of the molecule is Cc1cc(C)cc(COc2ccccc2/C=C2\C(=O)NC(=O)N(c3ccc(O)cc3)C2=O)c1. The van der Waals surface area contributed by atoms with Crippen molar-refractivity contribution in [2.24, 2.45) is 0 Å². The highest BCUT2D eigenvalue weighted by Crippen LogP contribution is 2.27. The van der Waals surface area contributed by atoms with Crippen LogP contribution in [0, 0.1) is 13.8 Å². The zero-order valence-corrected chi connectivity index (χ0v) is 18.2. The fourth-order valence-electron chi connectivity index (χ4n) is 3.69. The van der Waals surface area contributed by atoms with E-state index in [-0.39, 0.29) is 17.0 Å². The van der Waals surface area contributed by atoms with Gasteiger partial charge in [-0.1, -0.05) is 47.5 Å². The number of ether oxygens (including phenoxy) is 1. The highest BCUT2D eigenvalue weighted by atomic mass is 16.5. The lowest BCUT2D eigenvalue weighted by atomic mass is 10.1. The quantitative estimate of drug-likeness (QED) is 0.455. The molecule has 1 aliphatic heterocycles. The molecule has 4 amide bonds. The number of carbonyl (C=O) groups is 3. The number of phenolic OH excluding ortho intramolecular Hbond substituents is 1. The number of benzene rings is 3. The number of amides is 4. The molecule has 2 N–H and O–H groups in total. The molecule has 1 saturated heterocycles. The van der Waals surface area contributed by atoms with Crippen molar-refractivity contribution in [2.45, 2.75) is 20.5 Å². The fraction of sp³-hybridized carbons (Fsp3) is 0.115. The van der Waals surface area contributed by atoms with Crippen LogP contribution in [-0.2, 0) is 16.2 Å². The zero-order chi connectivity index (χ0) is 23.5. The van der Waals surface area contributed by atoms with Gasteiger partial charge in [0.25, 0.3) is 11.8 Å². The topological polar surface area (TPSA) is 95.9 Å². The van der Waals surface area contributed by atoms with Crippen LogP contribution >= 0.6 is 0 Å². The van der Waals surface area contributed by atoms with E-state index in [1.54, 1.807) is 24.3 Å². The van der Waals surface area contributed by atoms with E-state index >= 15 is 0 Å². The maximum atomic E-state index is 13.1. The molecule has 0 aliphatic carbocycles. The maximum Gasteiger partial charge on any atom is 0.335 e. The number of aromatic hydroxyl groups is 1. The van der Waals surface area contributed by atoms with Crippen molar-refractivity contribution in [1.82, 2.24) is 5.32 Å². The Bertz CT molecular complexity index is 1260.